The smallest absolute Gasteiger partial charge is 0.243 e. The van der Waals surface area contributed by atoms with Crippen molar-refractivity contribution in [2.24, 2.45) is 5.10 Å². The summed E-state index contributed by atoms with van der Waals surface area (Å²) in [6, 6.07) is 18.4. The first-order valence-corrected chi connectivity index (χ1v) is 14.5. The molecule has 1 saturated heterocycles. The number of hydrogen-bond donors (Lipinski definition) is 0. The van der Waals surface area contributed by atoms with Gasteiger partial charge in [-0.15, -0.1) is 11.3 Å². The second kappa shape index (κ2) is 10.3. The minimum Gasteiger partial charge on any atom is -0.497 e. The monoisotopic (exact) mass is 550 g/mol. The highest BCUT2D eigenvalue weighted by molar-refractivity contribution is 7.89. The summed E-state index contributed by atoms with van der Waals surface area (Å²) < 4.78 is 43.7. The molecule has 4 heterocycles. The second-order valence-electron chi connectivity index (χ2n) is 8.91. The van der Waals surface area contributed by atoms with Crippen molar-refractivity contribution >= 4 is 32.2 Å². The van der Waals surface area contributed by atoms with Crippen molar-refractivity contribution in [3.05, 3.63) is 83.6 Å². The van der Waals surface area contributed by atoms with E-state index >= 15 is 0 Å². The van der Waals surface area contributed by atoms with E-state index in [2.05, 4.69) is 0 Å². The molecule has 2 aromatic carbocycles. The fraction of sp³-hybridized carbons (Fsp3) is 0.259. The fourth-order valence-electron chi connectivity index (χ4n) is 4.58. The number of thiazole rings is 1. The molecule has 0 N–H and O–H groups in total. The lowest BCUT2D eigenvalue weighted by Crippen LogP contribution is -2.40. The van der Waals surface area contributed by atoms with Gasteiger partial charge in [0.15, 0.2) is 0 Å². The third-order valence-electron chi connectivity index (χ3n) is 6.65. The van der Waals surface area contributed by atoms with Crippen LogP contribution in [0.15, 0.2) is 86.7 Å². The Morgan fingerprint density at radius 2 is 1.74 bits per heavy atom. The van der Waals surface area contributed by atoms with Crippen LogP contribution in [0.5, 0.6) is 5.75 Å². The van der Waals surface area contributed by atoms with E-state index in [-0.39, 0.29) is 10.9 Å². The molecule has 2 aliphatic heterocycles. The van der Waals surface area contributed by atoms with Gasteiger partial charge >= 0.3 is 0 Å². The van der Waals surface area contributed by atoms with Crippen molar-refractivity contribution in [2.45, 2.75) is 17.4 Å². The molecule has 0 spiro atoms. The minimum atomic E-state index is -3.55. The molecular formula is C27H26N4O5S2. The van der Waals surface area contributed by atoms with Crippen LogP contribution in [0.2, 0.25) is 0 Å². The molecular weight excluding hydrogens is 524 g/mol. The third kappa shape index (κ3) is 4.73. The van der Waals surface area contributed by atoms with Gasteiger partial charge in [-0.1, -0.05) is 12.1 Å². The Morgan fingerprint density at radius 3 is 2.42 bits per heavy atom. The number of nitrogens with zero attached hydrogens (tertiary/aromatic N) is 4. The van der Waals surface area contributed by atoms with Crippen molar-refractivity contribution in [3.8, 4) is 17.0 Å². The highest BCUT2D eigenvalue weighted by Crippen LogP contribution is 2.39. The summed E-state index contributed by atoms with van der Waals surface area (Å²) in [5, 5.41) is 9.53. The van der Waals surface area contributed by atoms with Gasteiger partial charge in [0.1, 0.15) is 17.6 Å². The maximum atomic E-state index is 13.0. The zero-order valence-corrected chi connectivity index (χ0v) is 22.3. The van der Waals surface area contributed by atoms with Crippen LogP contribution in [-0.2, 0) is 14.8 Å². The molecule has 4 aromatic rings. The summed E-state index contributed by atoms with van der Waals surface area (Å²) in [4.78, 5) is 5.13. The van der Waals surface area contributed by atoms with E-state index < -0.39 is 10.0 Å². The summed E-state index contributed by atoms with van der Waals surface area (Å²) in [5.41, 5.74) is 3.54. The Kier molecular flexibility index (Phi) is 6.75. The van der Waals surface area contributed by atoms with Gasteiger partial charge in [0.25, 0.3) is 0 Å². The van der Waals surface area contributed by atoms with Crippen LogP contribution >= 0.6 is 11.3 Å². The van der Waals surface area contributed by atoms with E-state index in [1.165, 1.54) is 15.6 Å². The molecule has 196 valence electrons. The van der Waals surface area contributed by atoms with Crippen molar-refractivity contribution in [1.29, 1.82) is 0 Å². The number of furan rings is 1. The van der Waals surface area contributed by atoms with Crippen LogP contribution < -0.4 is 9.75 Å². The van der Waals surface area contributed by atoms with Gasteiger partial charge in [-0.2, -0.15) is 9.41 Å². The Hall–Kier alpha value is -3.51. The zero-order chi connectivity index (χ0) is 26.1. The normalized spacial score (nSPS) is 18.5. The van der Waals surface area contributed by atoms with Gasteiger partial charge in [-0.25, -0.2) is 18.4 Å². The van der Waals surface area contributed by atoms with Crippen LogP contribution in [0.1, 0.15) is 23.8 Å². The molecule has 0 radical (unpaired) electrons. The molecule has 0 aliphatic carbocycles. The molecule has 0 saturated carbocycles. The number of sulfonamides is 1. The Morgan fingerprint density at radius 1 is 1.00 bits per heavy atom. The van der Waals surface area contributed by atoms with Crippen molar-refractivity contribution in [1.82, 2.24) is 9.29 Å². The molecule has 0 unspecified atom stereocenters. The van der Waals surface area contributed by atoms with Crippen LogP contribution in [0.3, 0.4) is 0 Å². The zero-order valence-electron chi connectivity index (χ0n) is 20.7. The lowest BCUT2D eigenvalue weighted by Gasteiger charge is -2.26. The number of anilines is 1. The SMILES string of the molecule is COc1ccc(C2=NN(c3nc(-c4ccc(S(=O)(=O)N5CCOCC5)cc4)cs3)[C@@H](c3ccco3)C2)cc1. The average Bonchev–Trinajstić information content (AvgIpc) is 3.74. The number of ether oxygens (including phenoxy) is 2. The summed E-state index contributed by atoms with van der Waals surface area (Å²) in [5.74, 6) is 1.60. The molecule has 1 atom stereocenters. The van der Waals surface area contributed by atoms with Gasteiger partial charge < -0.3 is 13.9 Å². The maximum Gasteiger partial charge on any atom is 0.243 e. The molecule has 1 fully saturated rings. The highest BCUT2D eigenvalue weighted by atomic mass is 32.2. The number of methoxy groups -OCH3 is 1. The van der Waals surface area contributed by atoms with E-state index in [0.29, 0.717) is 32.7 Å². The first kappa shape index (κ1) is 24.8. The molecule has 9 nitrogen and oxygen atoms in total. The van der Waals surface area contributed by atoms with Crippen LogP contribution in [0.4, 0.5) is 5.13 Å². The number of hydrazone groups is 1. The molecule has 38 heavy (non-hydrogen) atoms. The first-order valence-electron chi connectivity index (χ1n) is 12.2. The summed E-state index contributed by atoms with van der Waals surface area (Å²) in [7, 11) is -1.90. The number of hydrogen-bond acceptors (Lipinski definition) is 9. The van der Waals surface area contributed by atoms with Crippen LogP contribution in [0.25, 0.3) is 11.3 Å². The van der Waals surface area contributed by atoms with E-state index in [1.54, 1.807) is 37.6 Å². The topological polar surface area (TPSA) is 97.5 Å². The molecule has 6 rings (SSSR count). The van der Waals surface area contributed by atoms with Gasteiger partial charge in [-0.05, 0) is 54.1 Å². The number of benzene rings is 2. The molecule has 0 amide bonds. The summed E-state index contributed by atoms with van der Waals surface area (Å²) >= 11 is 1.48. The first-order chi connectivity index (χ1) is 18.5. The highest BCUT2D eigenvalue weighted by Gasteiger charge is 2.33. The number of aromatic nitrogens is 1. The van der Waals surface area contributed by atoms with Crippen molar-refractivity contribution in [3.63, 3.8) is 0 Å². The van der Waals surface area contributed by atoms with Gasteiger partial charge in [0.2, 0.25) is 15.2 Å². The van der Waals surface area contributed by atoms with E-state index in [1.807, 2.05) is 46.8 Å². The molecule has 11 heteroatoms. The fourth-order valence-corrected chi connectivity index (χ4v) is 6.82. The average molecular weight is 551 g/mol. The van der Waals surface area contributed by atoms with Crippen LogP contribution in [-0.4, -0.2) is 56.8 Å². The number of rotatable bonds is 7. The quantitative estimate of drug-likeness (QED) is 0.326. The lowest BCUT2D eigenvalue weighted by atomic mass is 10.0. The van der Waals surface area contributed by atoms with Gasteiger partial charge in [-0.3, -0.25) is 0 Å². The Labute approximate surface area is 225 Å². The molecule has 2 aliphatic rings. The lowest BCUT2D eigenvalue weighted by molar-refractivity contribution is 0.0730. The molecule has 2 aromatic heterocycles. The maximum absolute atomic E-state index is 13.0. The molecule has 0 bridgehead atoms. The number of morpholine rings is 1. The summed E-state index contributed by atoms with van der Waals surface area (Å²) in [6.45, 7) is 1.56. The Balaban J connectivity index is 1.27. The predicted octanol–water partition coefficient (Wildman–Crippen LogP) is 4.79. The third-order valence-corrected chi connectivity index (χ3v) is 9.39. The Bertz CT molecular complexity index is 1530. The van der Waals surface area contributed by atoms with E-state index in [4.69, 9.17) is 24.0 Å². The predicted molar refractivity (Wildman–Crippen MR) is 145 cm³/mol. The van der Waals surface area contributed by atoms with E-state index in [0.717, 1.165) is 39.2 Å². The van der Waals surface area contributed by atoms with Crippen molar-refractivity contribution < 1.29 is 22.3 Å². The van der Waals surface area contributed by atoms with Gasteiger partial charge in [0, 0.05) is 30.5 Å². The standard InChI is InChI=1S/C27H26N4O5S2/c1-34-21-8-4-19(5-9-21)23-17-25(26-3-2-14-36-26)31(29-23)27-28-24(18-37-27)20-6-10-22(11-7-20)38(32,33)30-12-15-35-16-13-30/h2-11,14,18,25H,12-13,15-17H2,1H3/t25-/m1/s1. The van der Waals surface area contributed by atoms with E-state index in [9.17, 15) is 8.42 Å². The minimum absolute atomic E-state index is 0.123. The second-order valence-corrected chi connectivity index (χ2v) is 11.7. The summed E-state index contributed by atoms with van der Waals surface area (Å²) in [6.07, 6.45) is 2.33. The largest absolute Gasteiger partial charge is 0.497 e. The van der Waals surface area contributed by atoms with Gasteiger partial charge in [0.05, 0.1) is 42.9 Å². The van der Waals surface area contributed by atoms with Crippen molar-refractivity contribution in [2.75, 3.05) is 38.4 Å². The van der Waals surface area contributed by atoms with Crippen LogP contribution in [0, 0.1) is 0 Å².